The molecule has 0 saturated heterocycles. The number of carbonyl (C=O) groups excluding carboxylic acids is 1. The minimum Gasteiger partial charge on any atom is -0.482 e. The molecule has 0 spiro atoms. The first-order chi connectivity index (χ1) is 10.0. The van der Waals surface area contributed by atoms with Gasteiger partial charge in [0.05, 0.1) is 16.7 Å². The molecule has 21 heavy (non-hydrogen) atoms. The van der Waals surface area contributed by atoms with E-state index in [0.29, 0.717) is 5.69 Å². The van der Waals surface area contributed by atoms with E-state index in [4.69, 9.17) is 15.2 Å². The Morgan fingerprint density at radius 3 is 2.90 bits per heavy atom. The van der Waals surface area contributed by atoms with E-state index < -0.39 is 4.92 Å². The first-order valence-electron chi connectivity index (χ1n) is 6.72. The lowest BCUT2D eigenvalue weighted by Gasteiger charge is -2.21. The number of amides is 1. The number of nitrogens with one attached hydrogen (secondary N) is 1. The summed E-state index contributed by atoms with van der Waals surface area (Å²) in [6.07, 6.45) is 2.29. The Morgan fingerprint density at radius 1 is 1.43 bits per heavy atom. The van der Waals surface area contributed by atoms with Gasteiger partial charge in [-0.1, -0.05) is 0 Å². The van der Waals surface area contributed by atoms with Crippen LogP contribution in [0.15, 0.2) is 12.1 Å². The average Bonchev–Trinajstić information content (AvgIpc) is 2.83. The molecule has 1 aromatic rings. The van der Waals surface area contributed by atoms with E-state index in [1.54, 1.807) is 0 Å². The standard InChI is InChI=1S/C13H15N3O5/c14-7-2-1-3-10(7)21-12-4-8-11(5-9(12)16(18)19)20-6-13(17)15-8/h4-5,7,10H,1-3,6,14H2,(H,15,17). The lowest BCUT2D eigenvalue weighted by molar-refractivity contribution is -0.386. The van der Waals surface area contributed by atoms with Gasteiger partial charge in [-0.25, -0.2) is 0 Å². The van der Waals surface area contributed by atoms with Gasteiger partial charge in [-0.15, -0.1) is 0 Å². The van der Waals surface area contributed by atoms with Gasteiger partial charge in [0, 0.05) is 12.1 Å². The van der Waals surface area contributed by atoms with Crippen molar-refractivity contribution in [2.24, 2.45) is 5.73 Å². The number of rotatable bonds is 3. The van der Waals surface area contributed by atoms with Crippen molar-refractivity contribution in [1.82, 2.24) is 0 Å². The molecule has 0 aromatic heterocycles. The molecule has 1 aromatic carbocycles. The van der Waals surface area contributed by atoms with E-state index in [-0.39, 0.29) is 41.8 Å². The first kappa shape index (κ1) is 13.6. The van der Waals surface area contributed by atoms with Crippen LogP contribution in [0.25, 0.3) is 0 Å². The largest absolute Gasteiger partial charge is 0.482 e. The van der Waals surface area contributed by atoms with Crippen LogP contribution in [0.3, 0.4) is 0 Å². The second-order valence-corrected chi connectivity index (χ2v) is 5.16. The topological polar surface area (TPSA) is 117 Å². The van der Waals surface area contributed by atoms with Crippen molar-refractivity contribution in [2.45, 2.75) is 31.4 Å². The van der Waals surface area contributed by atoms with Gasteiger partial charge in [-0.2, -0.15) is 0 Å². The number of fused-ring (bicyclic) bond motifs is 1. The van der Waals surface area contributed by atoms with Crippen molar-refractivity contribution in [3.63, 3.8) is 0 Å². The van der Waals surface area contributed by atoms with Gasteiger partial charge >= 0.3 is 5.69 Å². The third-order valence-corrected chi connectivity index (χ3v) is 3.67. The molecule has 112 valence electrons. The molecular formula is C13H15N3O5. The van der Waals surface area contributed by atoms with E-state index in [1.165, 1.54) is 12.1 Å². The Hall–Kier alpha value is -2.35. The van der Waals surface area contributed by atoms with Crippen LogP contribution in [0.1, 0.15) is 19.3 Å². The molecule has 1 aliphatic carbocycles. The molecule has 1 aliphatic heterocycles. The summed E-state index contributed by atoms with van der Waals surface area (Å²) >= 11 is 0. The molecule has 2 aliphatic rings. The summed E-state index contributed by atoms with van der Waals surface area (Å²) in [5.41, 5.74) is 6.11. The number of benzene rings is 1. The van der Waals surface area contributed by atoms with Crippen LogP contribution in [0.5, 0.6) is 11.5 Å². The molecule has 2 unspecified atom stereocenters. The number of nitrogens with two attached hydrogens (primary N) is 1. The Balaban J connectivity index is 1.95. The molecule has 2 atom stereocenters. The third kappa shape index (κ3) is 2.62. The van der Waals surface area contributed by atoms with Gasteiger partial charge in [0.25, 0.3) is 5.91 Å². The van der Waals surface area contributed by atoms with Crippen LogP contribution in [0.4, 0.5) is 11.4 Å². The van der Waals surface area contributed by atoms with E-state index in [2.05, 4.69) is 5.32 Å². The summed E-state index contributed by atoms with van der Waals surface area (Å²) < 4.78 is 10.9. The summed E-state index contributed by atoms with van der Waals surface area (Å²) in [4.78, 5) is 22.0. The molecule has 8 heteroatoms. The number of nitrogens with zero attached hydrogens (tertiary/aromatic N) is 1. The number of ether oxygens (including phenoxy) is 2. The van der Waals surface area contributed by atoms with Crippen molar-refractivity contribution >= 4 is 17.3 Å². The van der Waals surface area contributed by atoms with Crippen LogP contribution >= 0.6 is 0 Å². The van der Waals surface area contributed by atoms with Gasteiger partial charge in [0.1, 0.15) is 6.10 Å². The Morgan fingerprint density at radius 2 is 2.24 bits per heavy atom. The predicted molar refractivity (Wildman–Crippen MR) is 73.5 cm³/mol. The van der Waals surface area contributed by atoms with Crippen LogP contribution in [-0.2, 0) is 4.79 Å². The fourth-order valence-electron chi connectivity index (χ4n) is 2.60. The Kier molecular flexibility index (Phi) is 3.38. The zero-order valence-corrected chi connectivity index (χ0v) is 11.2. The zero-order valence-electron chi connectivity index (χ0n) is 11.2. The number of hydrogen-bond acceptors (Lipinski definition) is 6. The van der Waals surface area contributed by atoms with E-state index in [0.717, 1.165) is 19.3 Å². The van der Waals surface area contributed by atoms with Crippen molar-refractivity contribution in [3.05, 3.63) is 22.2 Å². The minimum atomic E-state index is -0.532. The van der Waals surface area contributed by atoms with Gasteiger partial charge in [-0.05, 0) is 19.3 Å². The van der Waals surface area contributed by atoms with E-state index in [9.17, 15) is 14.9 Å². The molecule has 0 bridgehead atoms. The number of anilines is 1. The molecule has 1 fully saturated rings. The second kappa shape index (κ2) is 5.21. The van der Waals surface area contributed by atoms with Crippen LogP contribution in [0, 0.1) is 10.1 Å². The van der Waals surface area contributed by atoms with Crippen molar-refractivity contribution < 1.29 is 19.2 Å². The molecule has 1 heterocycles. The predicted octanol–water partition coefficient (Wildman–Crippen LogP) is 1.18. The highest BCUT2D eigenvalue weighted by Crippen LogP contribution is 2.40. The first-order valence-corrected chi connectivity index (χ1v) is 6.72. The Bertz CT molecular complexity index is 604. The molecule has 3 rings (SSSR count). The maximum Gasteiger partial charge on any atom is 0.314 e. The Labute approximate surface area is 120 Å². The van der Waals surface area contributed by atoms with Crippen molar-refractivity contribution in [3.8, 4) is 11.5 Å². The molecule has 1 amide bonds. The number of nitro benzene ring substituents is 1. The van der Waals surface area contributed by atoms with Crippen LogP contribution in [0.2, 0.25) is 0 Å². The molecule has 1 saturated carbocycles. The smallest absolute Gasteiger partial charge is 0.314 e. The maximum atomic E-state index is 11.3. The summed E-state index contributed by atoms with van der Waals surface area (Å²) in [6, 6.07) is 2.56. The number of hydrogen-bond donors (Lipinski definition) is 2. The zero-order chi connectivity index (χ0) is 15.0. The molecule has 3 N–H and O–H groups in total. The quantitative estimate of drug-likeness (QED) is 0.638. The highest BCUT2D eigenvalue weighted by atomic mass is 16.6. The lowest BCUT2D eigenvalue weighted by atomic mass is 10.2. The maximum absolute atomic E-state index is 11.3. The highest BCUT2D eigenvalue weighted by Gasteiger charge is 2.30. The monoisotopic (exact) mass is 293 g/mol. The number of carbonyl (C=O) groups is 1. The van der Waals surface area contributed by atoms with Gasteiger partial charge in [0.2, 0.25) is 0 Å². The molecule has 0 radical (unpaired) electrons. The van der Waals surface area contributed by atoms with Crippen molar-refractivity contribution in [1.29, 1.82) is 0 Å². The average molecular weight is 293 g/mol. The third-order valence-electron chi connectivity index (χ3n) is 3.67. The normalized spacial score (nSPS) is 24.0. The van der Waals surface area contributed by atoms with Crippen molar-refractivity contribution in [2.75, 3.05) is 11.9 Å². The van der Waals surface area contributed by atoms with E-state index >= 15 is 0 Å². The fraction of sp³-hybridized carbons (Fsp3) is 0.462. The summed E-state index contributed by atoms with van der Waals surface area (Å²) in [5, 5.41) is 13.8. The molecule has 8 nitrogen and oxygen atoms in total. The summed E-state index contributed by atoms with van der Waals surface area (Å²) in [7, 11) is 0. The number of nitro groups is 1. The lowest BCUT2D eigenvalue weighted by Crippen LogP contribution is -2.34. The summed E-state index contributed by atoms with van der Waals surface area (Å²) in [5.74, 6) is 0.0659. The van der Waals surface area contributed by atoms with Crippen LogP contribution in [-0.4, -0.2) is 29.6 Å². The highest BCUT2D eigenvalue weighted by molar-refractivity contribution is 5.96. The van der Waals surface area contributed by atoms with Gasteiger partial charge in [-0.3, -0.25) is 14.9 Å². The van der Waals surface area contributed by atoms with Gasteiger partial charge in [0.15, 0.2) is 18.1 Å². The SMILES string of the molecule is NC1CCCC1Oc1cc2c(cc1[N+](=O)[O-])OCC(=O)N2. The van der Waals surface area contributed by atoms with Gasteiger partial charge < -0.3 is 20.5 Å². The molecular weight excluding hydrogens is 278 g/mol. The minimum absolute atomic E-state index is 0.104. The fourth-order valence-corrected chi connectivity index (χ4v) is 2.60. The van der Waals surface area contributed by atoms with Crippen LogP contribution < -0.4 is 20.5 Å². The summed E-state index contributed by atoms with van der Waals surface area (Å²) in [6.45, 7) is -0.155. The van der Waals surface area contributed by atoms with E-state index in [1.807, 2.05) is 0 Å². The second-order valence-electron chi connectivity index (χ2n) is 5.16.